The molecule has 0 radical (unpaired) electrons. The maximum Gasteiger partial charge on any atom is 0.144 e. The molecule has 3 nitrogen and oxygen atoms in total. The fraction of sp³-hybridized carbons (Fsp3) is 0.0769. The van der Waals surface area contributed by atoms with Gasteiger partial charge in [0.15, 0.2) is 0 Å². The van der Waals surface area contributed by atoms with Crippen LogP contribution in [0.2, 0.25) is 0 Å². The van der Waals surface area contributed by atoms with E-state index in [1.54, 1.807) is 18.3 Å². The summed E-state index contributed by atoms with van der Waals surface area (Å²) in [4.78, 5) is 3.88. The molecule has 0 amide bonds. The third kappa shape index (κ3) is 2.18. The van der Waals surface area contributed by atoms with Crippen molar-refractivity contribution >= 4 is 0 Å². The van der Waals surface area contributed by atoms with Crippen LogP contribution in [0.15, 0.2) is 42.6 Å². The first-order valence-corrected chi connectivity index (χ1v) is 4.89. The van der Waals surface area contributed by atoms with Gasteiger partial charge in [-0.05, 0) is 24.6 Å². The van der Waals surface area contributed by atoms with Gasteiger partial charge in [-0.15, -0.1) is 0 Å². The number of benzene rings is 1. The molecule has 1 heterocycles. The molecule has 0 spiro atoms. The third-order valence-corrected chi connectivity index (χ3v) is 2.17. The Morgan fingerprint density at radius 2 is 2.06 bits per heavy atom. The summed E-state index contributed by atoms with van der Waals surface area (Å²) in [5.74, 6) is 1.42. The first kappa shape index (κ1) is 10.2. The molecular formula is C13H10N2O. The molecule has 2 rings (SSSR count). The largest absolute Gasteiger partial charge is 0.457 e. The fourth-order valence-electron chi connectivity index (χ4n) is 1.33. The summed E-state index contributed by atoms with van der Waals surface area (Å²) in [5.41, 5.74) is 1.41. The minimum atomic E-state index is 0.353. The fourth-order valence-corrected chi connectivity index (χ4v) is 1.33. The molecule has 78 valence electrons. The Morgan fingerprint density at radius 1 is 1.25 bits per heavy atom. The van der Waals surface area contributed by atoms with E-state index in [0.29, 0.717) is 11.4 Å². The van der Waals surface area contributed by atoms with Crippen molar-refractivity contribution in [2.45, 2.75) is 6.92 Å². The van der Waals surface area contributed by atoms with E-state index in [-0.39, 0.29) is 0 Å². The Bertz CT molecular complexity index is 544. The summed E-state index contributed by atoms with van der Waals surface area (Å²) in [6.07, 6.45) is 1.56. The van der Waals surface area contributed by atoms with Crippen LogP contribution in [0.4, 0.5) is 0 Å². The average molecular weight is 210 g/mol. The molecule has 0 aliphatic heterocycles. The number of pyridine rings is 1. The van der Waals surface area contributed by atoms with Gasteiger partial charge >= 0.3 is 0 Å². The summed E-state index contributed by atoms with van der Waals surface area (Å²) >= 11 is 0. The van der Waals surface area contributed by atoms with E-state index in [2.05, 4.69) is 4.98 Å². The van der Waals surface area contributed by atoms with Crippen LogP contribution < -0.4 is 4.74 Å². The number of ether oxygens (including phenoxy) is 1. The second-order valence-electron chi connectivity index (χ2n) is 3.36. The Balaban J connectivity index is 2.28. The van der Waals surface area contributed by atoms with Crippen molar-refractivity contribution in [2.75, 3.05) is 0 Å². The van der Waals surface area contributed by atoms with Gasteiger partial charge in [0.1, 0.15) is 23.3 Å². The topological polar surface area (TPSA) is 45.9 Å². The van der Waals surface area contributed by atoms with Gasteiger partial charge in [0, 0.05) is 12.3 Å². The molecule has 2 aromatic rings. The van der Waals surface area contributed by atoms with Gasteiger partial charge in [-0.1, -0.05) is 18.2 Å². The zero-order chi connectivity index (χ0) is 11.4. The lowest BCUT2D eigenvalue weighted by Crippen LogP contribution is -1.89. The number of nitrogens with zero attached hydrogens (tertiary/aromatic N) is 2. The molecule has 0 saturated heterocycles. The first-order chi connectivity index (χ1) is 7.79. The number of nitriles is 1. The van der Waals surface area contributed by atoms with Crippen LogP contribution in [0.5, 0.6) is 11.5 Å². The van der Waals surface area contributed by atoms with E-state index >= 15 is 0 Å². The smallest absolute Gasteiger partial charge is 0.144 e. The second-order valence-corrected chi connectivity index (χ2v) is 3.36. The number of para-hydroxylation sites is 1. The highest BCUT2D eigenvalue weighted by atomic mass is 16.5. The van der Waals surface area contributed by atoms with Crippen LogP contribution in [0.3, 0.4) is 0 Å². The molecule has 1 aromatic heterocycles. The molecule has 0 fully saturated rings. The molecular weight excluding hydrogens is 200 g/mol. The summed E-state index contributed by atoms with van der Waals surface area (Å²) in [7, 11) is 0. The molecule has 0 atom stereocenters. The van der Waals surface area contributed by atoms with Crippen LogP contribution in [-0.2, 0) is 0 Å². The van der Waals surface area contributed by atoms with Gasteiger partial charge < -0.3 is 4.74 Å². The first-order valence-electron chi connectivity index (χ1n) is 4.89. The number of hydrogen-bond donors (Lipinski definition) is 0. The van der Waals surface area contributed by atoms with Crippen LogP contribution in [0.25, 0.3) is 0 Å². The highest BCUT2D eigenvalue weighted by molar-refractivity contribution is 5.38. The molecule has 0 saturated carbocycles. The molecule has 16 heavy (non-hydrogen) atoms. The average Bonchev–Trinajstić information content (AvgIpc) is 2.32. The highest BCUT2D eigenvalue weighted by Crippen LogP contribution is 2.24. The van der Waals surface area contributed by atoms with E-state index in [9.17, 15) is 0 Å². The zero-order valence-electron chi connectivity index (χ0n) is 8.84. The lowest BCUT2D eigenvalue weighted by molar-refractivity contribution is 0.478. The Labute approximate surface area is 93.9 Å². The van der Waals surface area contributed by atoms with E-state index in [4.69, 9.17) is 10.00 Å². The minimum absolute atomic E-state index is 0.353. The van der Waals surface area contributed by atoms with E-state index in [1.165, 1.54) is 0 Å². The third-order valence-electron chi connectivity index (χ3n) is 2.17. The maximum absolute atomic E-state index is 8.71. The lowest BCUT2D eigenvalue weighted by atomic mass is 10.2. The summed E-state index contributed by atoms with van der Waals surface area (Å²) in [6.45, 7) is 1.97. The molecule has 0 aliphatic rings. The van der Waals surface area contributed by atoms with Gasteiger partial charge in [-0.25, -0.2) is 4.98 Å². The lowest BCUT2D eigenvalue weighted by Gasteiger charge is -2.07. The summed E-state index contributed by atoms with van der Waals surface area (Å²) in [5, 5.41) is 8.71. The Kier molecular flexibility index (Phi) is 2.84. The van der Waals surface area contributed by atoms with Crippen LogP contribution in [-0.4, -0.2) is 4.98 Å². The van der Waals surface area contributed by atoms with Crippen molar-refractivity contribution in [3.05, 3.63) is 53.9 Å². The number of rotatable bonds is 2. The quantitative estimate of drug-likeness (QED) is 0.765. The van der Waals surface area contributed by atoms with Crippen molar-refractivity contribution < 1.29 is 4.74 Å². The minimum Gasteiger partial charge on any atom is -0.457 e. The van der Waals surface area contributed by atoms with Gasteiger partial charge in [-0.3, -0.25) is 0 Å². The molecule has 3 heteroatoms. The van der Waals surface area contributed by atoms with Crippen LogP contribution in [0.1, 0.15) is 11.3 Å². The summed E-state index contributed by atoms with van der Waals surface area (Å²) < 4.78 is 5.66. The van der Waals surface area contributed by atoms with E-state index < -0.39 is 0 Å². The summed E-state index contributed by atoms with van der Waals surface area (Å²) in [6, 6.07) is 13.1. The van der Waals surface area contributed by atoms with Crippen molar-refractivity contribution in [1.82, 2.24) is 4.98 Å². The predicted molar refractivity (Wildman–Crippen MR) is 60.2 cm³/mol. The van der Waals surface area contributed by atoms with Gasteiger partial charge in [0.2, 0.25) is 0 Å². The normalized spacial score (nSPS) is 9.50. The van der Waals surface area contributed by atoms with Crippen molar-refractivity contribution in [1.29, 1.82) is 5.26 Å². The monoisotopic (exact) mass is 210 g/mol. The SMILES string of the molecule is Cc1ccccc1Oc1ccnc(C#N)c1. The molecule has 0 unspecified atom stereocenters. The van der Waals surface area contributed by atoms with Gasteiger partial charge in [0.25, 0.3) is 0 Å². The number of aromatic nitrogens is 1. The van der Waals surface area contributed by atoms with Crippen LogP contribution in [0, 0.1) is 18.3 Å². The molecule has 0 bridgehead atoms. The zero-order valence-corrected chi connectivity index (χ0v) is 8.84. The Morgan fingerprint density at radius 3 is 2.81 bits per heavy atom. The van der Waals surface area contributed by atoms with Gasteiger partial charge in [-0.2, -0.15) is 5.26 Å². The van der Waals surface area contributed by atoms with Crippen molar-refractivity contribution in [2.24, 2.45) is 0 Å². The number of hydrogen-bond acceptors (Lipinski definition) is 3. The standard InChI is InChI=1S/C13H10N2O/c1-10-4-2-3-5-13(10)16-12-6-7-15-11(8-12)9-14/h2-8H,1H3. The predicted octanol–water partition coefficient (Wildman–Crippen LogP) is 3.05. The number of aryl methyl sites for hydroxylation is 1. The molecule has 1 aromatic carbocycles. The highest BCUT2D eigenvalue weighted by Gasteiger charge is 2.01. The van der Waals surface area contributed by atoms with Crippen molar-refractivity contribution in [3.63, 3.8) is 0 Å². The second kappa shape index (κ2) is 4.45. The van der Waals surface area contributed by atoms with Crippen LogP contribution >= 0.6 is 0 Å². The molecule has 0 aliphatic carbocycles. The molecule has 0 N–H and O–H groups in total. The van der Waals surface area contributed by atoms with Gasteiger partial charge in [0.05, 0.1) is 0 Å². The van der Waals surface area contributed by atoms with E-state index in [0.717, 1.165) is 11.3 Å². The van der Waals surface area contributed by atoms with Crippen molar-refractivity contribution in [3.8, 4) is 17.6 Å². The maximum atomic E-state index is 8.71. The van der Waals surface area contributed by atoms with E-state index in [1.807, 2.05) is 37.3 Å². The Hall–Kier alpha value is -2.34.